The SMILES string of the molecule is N#Cc1ccc(NNC(=O)c2ccc(CCC(F)(F)F)cc2)c(C(F)(F)F)c1. The number of carbonyl (C=O) groups excluding carboxylic acids is 1. The highest BCUT2D eigenvalue weighted by Crippen LogP contribution is 2.35. The Balaban J connectivity index is 2.05. The number of benzene rings is 2. The highest BCUT2D eigenvalue weighted by atomic mass is 19.4. The van der Waals surface area contributed by atoms with Crippen molar-refractivity contribution in [1.82, 2.24) is 5.43 Å². The lowest BCUT2D eigenvalue weighted by atomic mass is 10.1. The van der Waals surface area contributed by atoms with Gasteiger partial charge in [-0.25, -0.2) is 0 Å². The lowest BCUT2D eigenvalue weighted by Gasteiger charge is -2.15. The number of aryl methyl sites for hydroxylation is 1. The summed E-state index contributed by atoms with van der Waals surface area (Å²) in [6.45, 7) is 0. The average molecular weight is 401 g/mol. The van der Waals surface area contributed by atoms with Crippen LogP contribution in [0.3, 0.4) is 0 Å². The number of hydrogen-bond acceptors (Lipinski definition) is 3. The van der Waals surface area contributed by atoms with Crippen LogP contribution in [0.25, 0.3) is 0 Å². The van der Waals surface area contributed by atoms with Crippen LogP contribution in [0.4, 0.5) is 32.0 Å². The van der Waals surface area contributed by atoms with Crippen LogP contribution in [0.1, 0.15) is 33.5 Å². The third-order valence-electron chi connectivity index (χ3n) is 3.68. The topological polar surface area (TPSA) is 64.9 Å². The molecule has 2 N–H and O–H groups in total. The number of nitrogens with one attached hydrogen (secondary N) is 2. The third kappa shape index (κ3) is 5.90. The number of halogens is 6. The molecule has 0 aliphatic rings. The monoisotopic (exact) mass is 401 g/mol. The molecule has 2 aromatic rings. The third-order valence-corrected chi connectivity index (χ3v) is 3.68. The average Bonchev–Trinajstić information content (AvgIpc) is 2.63. The maximum Gasteiger partial charge on any atom is 0.418 e. The largest absolute Gasteiger partial charge is 0.418 e. The molecule has 0 aliphatic carbocycles. The summed E-state index contributed by atoms with van der Waals surface area (Å²) in [6, 6.07) is 9.61. The van der Waals surface area contributed by atoms with Crippen LogP contribution in [0.15, 0.2) is 42.5 Å². The van der Waals surface area contributed by atoms with Crippen LogP contribution < -0.4 is 10.9 Å². The molecule has 0 saturated carbocycles. The molecule has 0 aliphatic heterocycles. The zero-order valence-corrected chi connectivity index (χ0v) is 14.1. The summed E-state index contributed by atoms with van der Waals surface area (Å²) in [4.78, 5) is 12.0. The first-order chi connectivity index (χ1) is 13.0. The highest BCUT2D eigenvalue weighted by Gasteiger charge is 2.34. The fraction of sp³-hybridized carbons (Fsp3) is 0.222. The Morgan fingerprint density at radius 2 is 1.64 bits per heavy atom. The van der Waals surface area contributed by atoms with E-state index in [-0.39, 0.29) is 17.5 Å². The number of nitrogens with zero attached hydrogens (tertiary/aromatic N) is 1. The first kappa shape index (κ1) is 21.1. The molecule has 0 radical (unpaired) electrons. The second kappa shape index (κ2) is 8.21. The maximum atomic E-state index is 13.1. The van der Waals surface area contributed by atoms with E-state index in [0.29, 0.717) is 11.6 Å². The van der Waals surface area contributed by atoms with Crippen LogP contribution in [0, 0.1) is 11.3 Å². The van der Waals surface area contributed by atoms with Crippen molar-refractivity contribution in [2.24, 2.45) is 0 Å². The molecule has 1 amide bonds. The van der Waals surface area contributed by atoms with E-state index in [9.17, 15) is 31.1 Å². The summed E-state index contributed by atoms with van der Waals surface area (Å²) in [5.41, 5.74) is 2.87. The first-order valence-electron chi connectivity index (χ1n) is 7.83. The van der Waals surface area contributed by atoms with Crippen LogP contribution in [-0.2, 0) is 12.6 Å². The minimum absolute atomic E-state index is 0.0467. The summed E-state index contributed by atoms with van der Waals surface area (Å²) >= 11 is 0. The molecule has 4 nitrogen and oxygen atoms in total. The summed E-state index contributed by atoms with van der Waals surface area (Å²) in [7, 11) is 0. The van der Waals surface area contributed by atoms with Gasteiger partial charge in [-0.3, -0.25) is 15.6 Å². The molecule has 148 valence electrons. The van der Waals surface area contributed by atoms with E-state index in [2.05, 4.69) is 10.9 Å². The molecule has 10 heteroatoms. The van der Waals surface area contributed by atoms with Gasteiger partial charge in [0.25, 0.3) is 5.91 Å². The van der Waals surface area contributed by atoms with Crippen LogP contribution in [-0.4, -0.2) is 12.1 Å². The van der Waals surface area contributed by atoms with Crippen LogP contribution in [0.2, 0.25) is 0 Å². The van der Waals surface area contributed by atoms with Gasteiger partial charge in [0.2, 0.25) is 0 Å². The Kier molecular flexibility index (Phi) is 6.18. The normalized spacial score (nSPS) is 11.6. The molecule has 28 heavy (non-hydrogen) atoms. The fourth-order valence-electron chi connectivity index (χ4n) is 2.26. The van der Waals surface area contributed by atoms with Gasteiger partial charge >= 0.3 is 12.4 Å². The minimum Gasteiger partial charge on any atom is -0.298 e. The van der Waals surface area contributed by atoms with Gasteiger partial charge in [-0.1, -0.05) is 12.1 Å². The molecule has 0 unspecified atom stereocenters. The summed E-state index contributed by atoms with van der Waals surface area (Å²) < 4.78 is 75.8. The van der Waals surface area contributed by atoms with Gasteiger partial charge in [0, 0.05) is 12.0 Å². The van der Waals surface area contributed by atoms with Gasteiger partial charge in [0.05, 0.1) is 22.9 Å². The standard InChI is InChI=1S/C18H13F6N3O/c19-17(20,21)8-7-11-1-4-13(5-2-11)16(28)27-26-15-6-3-12(10-25)9-14(15)18(22,23)24/h1-6,9,26H,7-8H2,(H,27,28). The predicted molar refractivity (Wildman–Crippen MR) is 88.1 cm³/mol. The molecule has 0 bridgehead atoms. The van der Waals surface area contributed by atoms with Gasteiger partial charge in [0.1, 0.15) is 0 Å². The van der Waals surface area contributed by atoms with Crippen LogP contribution in [0.5, 0.6) is 0 Å². The lowest BCUT2D eigenvalue weighted by molar-refractivity contribution is -0.137. The predicted octanol–water partition coefficient (Wildman–Crippen LogP) is 4.83. The maximum absolute atomic E-state index is 13.1. The first-order valence-corrected chi connectivity index (χ1v) is 7.83. The molecular weight excluding hydrogens is 388 g/mol. The number of amides is 1. The van der Waals surface area contributed by atoms with Crippen molar-refractivity contribution in [2.45, 2.75) is 25.2 Å². The van der Waals surface area contributed by atoms with E-state index in [4.69, 9.17) is 5.26 Å². The summed E-state index contributed by atoms with van der Waals surface area (Å²) in [5, 5.41) is 8.72. The number of nitriles is 1. The molecule has 0 spiro atoms. The zero-order chi connectivity index (χ0) is 20.9. The Bertz CT molecular complexity index is 882. The van der Waals surface area contributed by atoms with Crippen molar-refractivity contribution >= 4 is 11.6 Å². The van der Waals surface area contributed by atoms with Crippen molar-refractivity contribution in [3.05, 3.63) is 64.7 Å². The molecule has 0 saturated heterocycles. The number of alkyl halides is 6. The van der Waals surface area contributed by atoms with Crippen molar-refractivity contribution in [3.8, 4) is 6.07 Å². The Hall–Kier alpha value is -3.22. The van der Waals surface area contributed by atoms with Gasteiger partial charge in [-0.2, -0.15) is 31.6 Å². The Labute approximate surface area is 155 Å². The van der Waals surface area contributed by atoms with E-state index in [1.165, 1.54) is 24.3 Å². The van der Waals surface area contributed by atoms with Crippen molar-refractivity contribution in [3.63, 3.8) is 0 Å². The number of rotatable bonds is 5. The zero-order valence-electron chi connectivity index (χ0n) is 14.1. The van der Waals surface area contributed by atoms with E-state index >= 15 is 0 Å². The van der Waals surface area contributed by atoms with Gasteiger partial charge in [-0.05, 0) is 42.3 Å². The quantitative estimate of drug-likeness (QED) is 0.557. The van der Waals surface area contributed by atoms with Gasteiger partial charge in [0.15, 0.2) is 0 Å². The lowest BCUT2D eigenvalue weighted by Crippen LogP contribution is -2.30. The Morgan fingerprint density at radius 1 is 1.00 bits per heavy atom. The molecule has 0 aromatic heterocycles. The molecule has 0 heterocycles. The van der Waals surface area contributed by atoms with Crippen molar-refractivity contribution in [2.75, 3.05) is 5.43 Å². The smallest absolute Gasteiger partial charge is 0.298 e. The minimum atomic E-state index is -4.75. The number of anilines is 1. The molecule has 0 atom stereocenters. The second-order valence-corrected chi connectivity index (χ2v) is 5.76. The fourth-order valence-corrected chi connectivity index (χ4v) is 2.26. The number of hydrogen-bond donors (Lipinski definition) is 2. The summed E-state index contributed by atoms with van der Waals surface area (Å²) in [5.74, 6) is -0.778. The van der Waals surface area contributed by atoms with Gasteiger partial charge < -0.3 is 0 Å². The van der Waals surface area contributed by atoms with E-state index in [1.807, 2.05) is 0 Å². The molecule has 2 rings (SSSR count). The highest BCUT2D eigenvalue weighted by molar-refractivity contribution is 5.95. The Morgan fingerprint density at radius 3 is 2.18 bits per heavy atom. The number of hydrazine groups is 1. The van der Waals surface area contributed by atoms with Crippen molar-refractivity contribution in [1.29, 1.82) is 5.26 Å². The second-order valence-electron chi connectivity index (χ2n) is 5.76. The molecule has 2 aromatic carbocycles. The van der Waals surface area contributed by atoms with E-state index in [0.717, 1.165) is 12.1 Å². The summed E-state index contributed by atoms with van der Waals surface area (Å²) in [6.07, 6.45) is -10.3. The number of carbonyl (C=O) groups is 1. The molecular formula is C18H13F6N3O. The van der Waals surface area contributed by atoms with Gasteiger partial charge in [-0.15, -0.1) is 0 Å². The van der Waals surface area contributed by atoms with Crippen molar-refractivity contribution < 1.29 is 31.1 Å². The van der Waals surface area contributed by atoms with Crippen LogP contribution >= 0.6 is 0 Å². The van der Waals surface area contributed by atoms with E-state index < -0.39 is 35.9 Å². The van der Waals surface area contributed by atoms with E-state index in [1.54, 1.807) is 6.07 Å². The molecule has 0 fully saturated rings.